The molecule has 1 atom stereocenters. The first-order valence-corrected chi connectivity index (χ1v) is 6.60. The van der Waals surface area contributed by atoms with Gasteiger partial charge in [-0.3, -0.25) is 4.79 Å². The van der Waals surface area contributed by atoms with Crippen LogP contribution in [0, 0.1) is 11.7 Å². The van der Waals surface area contributed by atoms with E-state index in [9.17, 15) is 9.18 Å². The van der Waals surface area contributed by atoms with Crippen molar-refractivity contribution in [2.45, 2.75) is 32.6 Å². The van der Waals surface area contributed by atoms with Crippen molar-refractivity contribution in [2.75, 3.05) is 13.1 Å². The van der Waals surface area contributed by atoms with E-state index in [-0.39, 0.29) is 23.1 Å². The first kappa shape index (κ1) is 15.6. The molecule has 0 bridgehead atoms. The summed E-state index contributed by atoms with van der Waals surface area (Å²) in [6.07, 6.45) is 0.683. The third kappa shape index (κ3) is 4.63. The molecular weight excluding hydrogens is 243 g/mol. The molecule has 0 aliphatic heterocycles. The van der Waals surface area contributed by atoms with Crippen molar-refractivity contribution in [3.05, 3.63) is 35.6 Å². The number of carbonyl (C=O) groups is 1. The third-order valence-electron chi connectivity index (χ3n) is 3.38. The molecule has 1 aromatic carbocycles. The molecule has 1 unspecified atom stereocenters. The molecule has 1 rings (SSSR count). The van der Waals surface area contributed by atoms with Crippen molar-refractivity contribution in [1.82, 2.24) is 5.32 Å². The number of halogens is 1. The number of nitrogens with one attached hydrogen (secondary N) is 1. The van der Waals surface area contributed by atoms with E-state index in [0.717, 1.165) is 5.56 Å². The van der Waals surface area contributed by atoms with Crippen molar-refractivity contribution in [1.29, 1.82) is 0 Å². The summed E-state index contributed by atoms with van der Waals surface area (Å²) < 4.78 is 12.9. The van der Waals surface area contributed by atoms with Gasteiger partial charge in [-0.15, -0.1) is 0 Å². The van der Waals surface area contributed by atoms with E-state index in [1.807, 2.05) is 20.8 Å². The van der Waals surface area contributed by atoms with Crippen LogP contribution in [0.5, 0.6) is 0 Å². The van der Waals surface area contributed by atoms with Crippen LogP contribution < -0.4 is 11.1 Å². The van der Waals surface area contributed by atoms with E-state index >= 15 is 0 Å². The summed E-state index contributed by atoms with van der Waals surface area (Å²) in [7, 11) is 0. The van der Waals surface area contributed by atoms with Gasteiger partial charge in [-0.25, -0.2) is 4.39 Å². The highest BCUT2D eigenvalue weighted by molar-refractivity contribution is 5.78. The monoisotopic (exact) mass is 266 g/mol. The molecular formula is C15H23FN2O. The molecule has 0 heterocycles. The Hall–Kier alpha value is -1.42. The minimum atomic E-state index is -0.250. The SMILES string of the molecule is CC(CCN)C(=O)NCC(C)(C)c1ccc(F)cc1. The highest BCUT2D eigenvalue weighted by atomic mass is 19.1. The van der Waals surface area contributed by atoms with Crippen LogP contribution in [-0.4, -0.2) is 19.0 Å². The fourth-order valence-electron chi connectivity index (χ4n) is 1.87. The van der Waals surface area contributed by atoms with Gasteiger partial charge in [-0.2, -0.15) is 0 Å². The maximum Gasteiger partial charge on any atom is 0.222 e. The van der Waals surface area contributed by atoms with Crippen molar-refractivity contribution in [2.24, 2.45) is 11.7 Å². The Labute approximate surface area is 114 Å². The third-order valence-corrected chi connectivity index (χ3v) is 3.38. The number of rotatable bonds is 6. The average Bonchev–Trinajstić information content (AvgIpc) is 2.37. The van der Waals surface area contributed by atoms with E-state index in [1.165, 1.54) is 12.1 Å². The Morgan fingerprint density at radius 3 is 2.47 bits per heavy atom. The summed E-state index contributed by atoms with van der Waals surface area (Å²) >= 11 is 0. The van der Waals surface area contributed by atoms with E-state index in [2.05, 4.69) is 5.32 Å². The van der Waals surface area contributed by atoms with Crippen LogP contribution in [0.25, 0.3) is 0 Å². The lowest BCUT2D eigenvalue weighted by Crippen LogP contribution is -2.39. The average molecular weight is 266 g/mol. The molecule has 0 radical (unpaired) electrons. The standard InChI is InChI=1S/C15H23FN2O/c1-11(8-9-17)14(19)18-10-15(2,3)12-4-6-13(16)7-5-12/h4-7,11H,8-10,17H2,1-3H3,(H,18,19). The van der Waals surface area contributed by atoms with Gasteiger partial charge in [0.2, 0.25) is 5.91 Å². The van der Waals surface area contributed by atoms with Crippen LogP contribution >= 0.6 is 0 Å². The summed E-state index contributed by atoms with van der Waals surface area (Å²) in [6, 6.07) is 6.39. The van der Waals surface area contributed by atoms with Crippen molar-refractivity contribution >= 4 is 5.91 Å². The summed E-state index contributed by atoms with van der Waals surface area (Å²) in [5, 5.41) is 2.93. The molecule has 0 saturated heterocycles. The molecule has 0 spiro atoms. The second kappa shape index (κ2) is 6.66. The van der Waals surface area contributed by atoms with Crippen molar-refractivity contribution < 1.29 is 9.18 Å². The molecule has 0 aliphatic rings. The lowest BCUT2D eigenvalue weighted by atomic mass is 9.84. The molecule has 19 heavy (non-hydrogen) atoms. The van der Waals surface area contributed by atoms with Gasteiger partial charge >= 0.3 is 0 Å². The van der Waals surface area contributed by atoms with Crippen molar-refractivity contribution in [3.63, 3.8) is 0 Å². The van der Waals surface area contributed by atoms with Gasteiger partial charge < -0.3 is 11.1 Å². The second-order valence-corrected chi connectivity index (χ2v) is 5.59. The highest BCUT2D eigenvalue weighted by Crippen LogP contribution is 2.22. The zero-order chi connectivity index (χ0) is 14.5. The lowest BCUT2D eigenvalue weighted by molar-refractivity contribution is -0.124. The second-order valence-electron chi connectivity index (χ2n) is 5.59. The predicted octanol–water partition coefficient (Wildman–Crippen LogP) is 2.20. The Balaban J connectivity index is 2.60. The number of carbonyl (C=O) groups excluding carboxylic acids is 1. The molecule has 0 aromatic heterocycles. The Kier molecular flexibility index (Phi) is 5.48. The summed E-state index contributed by atoms with van der Waals surface area (Å²) in [5.74, 6) is -0.310. The topological polar surface area (TPSA) is 55.1 Å². The normalized spacial score (nSPS) is 13.1. The molecule has 0 aliphatic carbocycles. The summed E-state index contributed by atoms with van der Waals surface area (Å²) in [5.41, 5.74) is 6.21. The van der Waals surface area contributed by atoms with Gasteiger partial charge in [0.15, 0.2) is 0 Å². The van der Waals surface area contributed by atoms with E-state index in [0.29, 0.717) is 19.5 Å². The number of nitrogens with two attached hydrogens (primary N) is 1. The van der Waals surface area contributed by atoms with Gasteiger partial charge in [-0.1, -0.05) is 32.9 Å². The Bertz CT molecular complexity index is 415. The summed E-state index contributed by atoms with van der Waals surface area (Å²) in [4.78, 5) is 11.8. The van der Waals surface area contributed by atoms with Gasteiger partial charge in [0.25, 0.3) is 0 Å². The summed E-state index contributed by atoms with van der Waals surface area (Å²) in [6.45, 7) is 6.94. The number of hydrogen-bond donors (Lipinski definition) is 2. The molecule has 4 heteroatoms. The Morgan fingerprint density at radius 2 is 1.95 bits per heavy atom. The van der Waals surface area contributed by atoms with Gasteiger partial charge in [0.05, 0.1) is 0 Å². The van der Waals surface area contributed by atoms with Crippen LogP contribution in [0.3, 0.4) is 0 Å². The van der Waals surface area contributed by atoms with Crippen LogP contribution in [0.4, 0.5) is 4.39 Å². The molecule has 1 amide bonds. The van der Waals surface area contributed by atoms with Crippen LogP contribution in [0.15, 0.2) is 24.3 Å². The molecule has 0 fully saturated rings. The van der Waals surface area contributed by atoms with Gasteiger partial charge in [0.1, 0.15) is 5.82 Å². The van der Waals surface area contributed by atoms with E-state index < -0.39 is 0 Å². The maximum absolute atomic E-state index is 12.9. The maximum atomic E-state index is 12.9. The predicted molar refractivity (Wildman–Crippen MR) is 75.3 cm³/mol. The molecule has 0 saturated carbocycles. The van der Waals surface area contributed by atoms with Gasteiger partial charge in [0, 0.05) is 17.9 Å². The largest absolute Gasteiger partial charge is 0.355 e. The van der Waals surface area contributed by atoms with Crippen molar-refractivity contribution in [3.8, 4) is 0 Å². The zero-order valence-corrected chi connectivity index (χ0v) is 11.9. The molecule has 3 nitrogen and oxygen atoms in total. The van der Waals surface area contributed by atoms with Crippen LogP contribution in [0.2, 0.25) is 0 Å². The number of hydrogen-bond acceptors (Lipinski definition) is 2. The first-order chi connectivity index (χ1) is 8.86. The molecule has 3 N–H and O–H groups in total. The first-order valence-electron chi connectivity index (χ1n) is 6.60. The zero-order valence-electron chi connectivity index (χ0n) is 11.9. The van der Waals surface area contributed by atoms with Crippen LogP contribution in [0.1, 0.15) is 32.8 Å². The Morgan fingerprint density at radius 1 is 1.37 bits per heavy atom. The number of amides is 1. The van der Waals surface area contributed by atoms with E-state index in [4.69, 9.17) is 5.73 Å². The molecule has 106 valence electrons. The lowest BCUT2D eigenvalue weighted by Gasteiger charge is -2.26. The number of benzene rings is 1. The minimum Gasteiger partial charge on any atom is -0.355 e. The van der Waals surface area contributed by atoms with E-state index in [1.54, 1.807) is 12.1 Å². The highest BCUT2D eigenvalue weighted by Gasteiger charge is 2.22. The fraction of sp³-hybridized carbons (Fsp3) is 0.533. The smallest absolute Gasteiger partial charge is 0.222 e. The minimum absolute atomic E-state index is 0.0145. The fourth-order valence-corrected chi connectivity index (χ4v) is 1.87. The van der Waals surface area contributed by atoms with Gasteiger partial charge in [-0.05, 0) is 30.7 Å². The molecule has 1 aromatic rings. The van der Waals surface area contributed by atoms with Crippen LogP contribution in [-0.2, 0) is 10.2 Å². The quantitative estimate of drug-likeness (QED) is 0.829.